The molecule has 1 aromatic rings. The van der Waals surface area contributed by atoms with E-state index in [-0.39, 0.29) is 11.0 Å². The van der Waals surface area contributed by atoms with Crippen molar-refractivity contribution in [2.75, 3.05) is 0 Å². The molecule has 0 aliphatic heterocycles. The summed E-state index contributed by atoms with van der Waals surface area (Å²) in [7, 11) is 0. The maximum atomic E-state index is 11.1. The van der Waals surface area contributed by atoms with Crippen molar-refractivity contribution in [1.82, 2.24) is 0 Å². The van der Waals surface area contributed by atoms with Gasteiger partial charge < -0.3 is 0 Å². The van der Waals surface area contributed by atoms with E-state index in [0.717, 1.165) is 9.91 Å². The van der Waals surface area contributed by atoms with Gasteiger partial charge in [0.1, 0.15) is 0 Å². The van der Waals surface area contributed by atoms with Crippen molar-refractivity contribution in [1.29, 1.82) is 5.26 Å². The quantitative estimate of drug-likeness (QED) is 0.774. The Bertz CT molecular complexity index is 481. The van der Waals surface area contributed by atoms with E-state index in [2.05, 4.69) is 0 Å². The summed E-state index contributed by atoms with van der Waals surface area (Å²) in [5.74, 6) is -0.970. The molecule has 0 heterocycles. The van der Waals surface area contributed by atoms with E-state index in [1.54, 1.807) is 6.07 Å². The average molecular weight is 279 g/mol. The van der Waals surface area contributed by atoms with Crippen molar-refractivity contribution < 1.29 is 9.90 Å². The van der Waals surface area contributed by atoms with Crippen LogP contribution in [0.25, 0.3) is 0 Å². The second kappa shape index (κ2) is 4.31. The second-order valence-electron chi connectivity index (χ2n) is 4.65. The van der Waals surface area contributed by atoms with Crippen LogP contribution in [0.3, 0.4) is 0 Å². The van der Waals surface area contributed by atoms with Gasteiger partial charge in [-0.2, -0.15) is 0 Å². The Morgan fingerprint density at radius 3 is 2.38 bits per heavy atom. The van der Waals surface area contributed by atoms with Crippen LogP contribution in [-0.2, 0) is 5.41 Å². The SMILES string of the molecule is CC(C)(C)c1cc(C#N)cc(C(=O)O)c1[AsH2]. The Labute approximate surface area is 104 Å². The van der Waals surface area contributed by atoms with Crippen LogP contribution in [0.5, 0.6) is 0 Å². The molecule has 1 N–H and O–H groups in total. The van der Waals surface area contributed by atoms with Gasteiger partial charge in [-0.15, -0.1) is 0 Å². The first-order valence-electron chi connectivity index (χ1n) is 4.84. The Morgan fingerprint density at radius 1 is 1.44 bits per heavy atom. The van der Waals surface area contributed by atoms with E-state index in [0.29, 0.717) is 5.56 Å². The first-order valence-corrected chi connectivity index (χ1v) is 6.06. The number of rotatable bonds is 1. The van der Waals surface area contributed by atoms with Crippen LogP contribution in [-0.4, -0.2) is 27.9 Å². The van der Waals surface area contributed by atoms with Crippen LogP contribution >= 0.6 is 0 Å². The number of carbonyl (C=O) groups is 1. The fourth-order valence-corrected chi connectivity index (χ4v) is 3.03. The summed E-state index contributed by atoms with van der Waals surface area (Å²) in [6, 6.07) is 5.23. The molecule has 4 heteroatoms. The van der Waals surface area contributed by atoms with Crippen LogP contribution in [0, 0.1) is 11.3 Å². The van der Waals surface area contributed by atoms with Crippen molar-refractivity contribution in [2.24, 2.45) is 0 Å². The van der Waals surface area contributed by atoms with Gasteiger partial charge in [-0.3, -0.25) is 0 Å². The Balaban J connectivity index is 3.58. The van der Waals surface area contributed by atoms with Gasteiger partial charge in [0.2, 0.25) is 0 Å². The molecule has 16 heavy (non-hydrogen) atoms. The molecule has 0 spiro atoms. The molecule has 3 nitrogen and oxygen atoms in total. The third kappa shape index (κ3) is 2.46. The number of hydrogen-bond acceptors (Lipinski definition) is 2. The molecule has 1 atom stereocenters. The zero-order valence-electron chi connectivity index (χ0n) is 9.53. The molecule has 0 fully saturated rings. The molecule has 0 saturated carbocycles. The zero-order valence-corrected chi connectivity index (χ0v) is 12.0. The molecule has 1 rings (SSSR count). The summed E-state index contributed by atoms with van der Waals surface area (Å²) in [6.45, 7) is 6.04. The summed E-state index contributed by atoms with van der Waals surface area (Å²) >= 11 is 1.28. The molecule has 0 saturated heterocycles. The fourth-order valence-electron chi connectivity index (χ4n) is 1.52. The van der Waals surface area contributed by atoms with E-state index in [4.69, 9.17) is 10.4 Å². The summed E-state index contributed by atoms with van der Waals surface area (Å²) in [6.07, 6.45) is 0. The Kier molecular flexibility index (Phi) is 3.45. The van der Waals surface area contributed by atoms with Crippen LogP contribution in [0.2, 0.25) is 0 Å². The van der Waals surface area contributed by atoms with Crippen LogP contribution < -0.4 is 4.35 Å². The Morgan fingerprint density at radius 2 is 2.00 bits per heavy atom. The van der Waals surface area contributed by atoms with Crippen molar-refractivity contribution in [3.8, 4) is 6.07 Å². The van der Waals surface area contributed by atoms with Crippen LogP contribution in [0.1, 0.15) is 42.3 Å². The van der Waals surface area contributed by atoms with Gasteiger partial charge in [-0.05, 0) is 0 Å². The molecule has 1 aromatic carbocycles. The number of carboxylic acids is 1. The number of benzene rings is 1. The maximum absolute atomic E-state index is 11.1. The monoisotopic (exact) mass is 279 g/mol. The topological polar surface area (TPSA) is 61.1 Å². The number of hydrogen-bond donors (Lipinski definition) is 1. The summed E-state index contributed by atoms with van der Waals surface area (Å²) in [5, 5.41) is 18.0. The Hall–Kier alpha value is -1.26. The van der Waals surface area contributed by atoms with Gasteiger partial charge in [0, 0.05) is 0 Å². The predicted molar refractivity (Wildman–Crippen MR) is 65.0 cm³/mol. The fraction of sp³-hybridized carbons (Fsp3) is 0.333. The minimum absolute atomic E-state index is 0.150. The van der Waals surface area contributed by atoms with Gasteiger partial charge in [0.15, 0.2) is 0 Å². The molecule has 0 aliphatic carbocycles. The van der Waals surface area contributed by atoms with Crippen molar-refractivity contribution >= 4 is 27.2 Å². The molecule has 84 valence electrons. The number of nitrogens with zero attached hydrogens (tertiary/aromatic N) is 1. The van der Waals surface area contributed by atoms with E-state index in [1.807, 2.05) is 26.8 Å². The van der Waals surface area contributed by atoms with Gasteiger partial charge >= 0.3 is 103 Å². The number of nitriles is 1. The standard InChI is InChI=1S/C12H14AsNO2/c1-12(2,3)9-5-7(6-14)4-8(10(9)13)11(15)16/h4-5H,13H2,1-3H3,(H,15,16). The summed E-state index contributed by atoms with van der Waals surface area (Å²) < 4.78 is 0.798. The molecular weight excluding hydrogens is 265 g/mol. The average Bonchev–Trinajstić information content (AvgIpc) is 2.15. The molecule has 0 aromatic heterocycles. The van der Waals surface area contributed by atoms with Crippen molar-refractivity contribution in [3.63, 3.8) is 0 Å². The number of aromatic carboxylic acids is 1. The molecular formula is C12H14AsNO2. The van der Waals surface area contributed by atoms with Gasteiger partial charge in [0.05, 0.1) is 0 Å². The van der Waals surface area contributed by atoms with E-state index >= 15 is 0 Å². The second-order valence-corrected chi connectivity index (χ2v) is 5.86. The third-order valence-electron chi connectivity index (χ3n) is 2.35. The molecule has 1 unspecified atom stereocenters. The first-order chi connectivity index (χ1) is 7.27. The predicted octanol–water partition coefficient (Wildman–Crippen LogP) is 0.812. The van der Waals surface area contributed by atoms with E-state index < -0.39 is 5.97 Å². The van der Waals surface area contributed by atoms with Crippen molar-refractivity contribution in [2.45, 2.75) is 26.2 Å². The molecule has 0 radical (unpaired) electrons. The molecule has 0 aliphatic rings. The zero-order chi connectivity index (χ0) is 12.5. The summed E-state index contributed by atoms with van der Waals surface area (Å²) in [4.78, 5) is 11.1. The first kappa shape index (κ1) is 12.8. The number of carboxylic acid groups (broad SMARTS) is 1. The molecule has 0 amide bonds. The van der Waals surface area contributed by atoms with E-state index in [1.165, 1.54) is 22.9 Å². The van der Waals surface area contributed by atoms with Gasteiger partial charge in [0.25, 0.3) is 0 Å². The van der Waals surface area contributed by atoms with Crippen molar-refractivity contribution in [3.05, 3.63) is 28.8 Å². The van der Waals surface area contributed by atoms with Gasteiger partial charge in [-0.1, -0.05) is 0 Å². The van der Waals surface area contributed by atoms with E-state index in [9.17, 15) is 4.79 Å². The molecule has 0 bridgehead atoms. The summed E-state index contributed by atoms with van der Waals surface area (Å²) in [5.41, 5.74) is 1.43. The van der Waals surface area contributed by atoms with Gasteiger partial charge in [-0.25, -0.2) is 0 Å². The van der Waals surface area contributed by atoms with Crippen LogP contribution in [0.15, 0.2) is 12.1 Å². The van der Waals surface area contributed by atoms with Crippen LogP contribution in [0.4, 0.5) is 0 Å². The third-order valence-corrected chi connectivity index (χ3v) is 3.65. The minimum atomic E-state index is -0.970. The normalized spacial score (nSPS) is 10.9.